The zero-order valence-electron chi connectivity index (χ0n) is 11.6. The first-order valence-corrected chi connectivity index (χ1v) is 7.42. The summed E-state index contributed by atoms with van der Waals surface area (Å²) in [6, 6.07) is 6.65. The normalized spacial score (nSPS) is 11.3. The van der Waals surface area contributed by atoms with Crippen LogP contribution in [0.4, 0.5) is 0 Å². The van der Waals surface area contributed by atoms with Gasteiger partial charge in [0.1, 0.15) is 11.5 Å². The minimum atomic E-state index is -0.0800. The molecule has 2 aromatic rings. The molecule has 0 saturated carbocycles. The lowest BCUT2D eigenvalue weighted by Gasteiger charge is -2.09. The summed E-state index contributed by atoms with van der Waals surface area (Å²) in [5, 5.41) is 17.8. The third kappa shape index (κ3) is 4.37. The molecule has 1 aromatic carbocycles. The Labute approximate surface area is 142 Å². The van der Waals surface area contributed by atoms with Crippen molar-refractivity contribution in [1.82, 2.24) is 10.7 Å². The van der Waals surface area contributed by atoms with Crippen LogP contribution in [0.5, 0.6) is 5.75 Å². The number of phenolic OH excluding ortho intramolecular Hbond substituents is 1. The monoisotopic (exact) mass is 357 g/mol. The standard InChI is InChI=1S/C14H13Cl2N3O2S/c1-8(11-5-9(15)6-12(16)13(11)20)18-19-14(22)17-7-10-3-2-4-21-10/h2-6,20H,7H2,1H3,(H2,17,19,22)/b18-8-. The van der Waals surface area contributed by atoms with Gasteiger partial charge in [-0.1, -0.05) is 23.2 Å². The van der Waals surface area contributed by atoms with E-state index >= 15 is 0 Å². The minimum Gasteiger partial charge on any atom is -0.506 e. The van der Waals surface area contributed by atoms with Crippen LogP contribution < -0.4 is 10.7 Å². The van der Waals surface area contributed by atoms with Crippen LogP contribution in [0.3, 0.4) is 0 Å². The number of hydrazone groups is 1. The van der Waals surface area contributed by atoms with Gasteiger partial charge in [-0.15, -0.1) is 0 Å². The Kier molecular flexibility index (Phi) is 5.65. The Morgan fingerprint density at radius 1 is 1.41 bits per heavy atom. The Balaban J connectivity index is 1.99. The molecule has 5 nitrogen and oxygen atoms in total. The van der Waals surface area contributed by atoms with Gasteiger partial charge in [-0.05, 0) is 43.4 Å². The van der Waals surface area contributed by atoms with Crippen molar-refractivity contribution in [2.45, 2.75) is 13.5 Å². The first-order chi connectivity index (χ1) is 10.5. The van der Waals surface area contributed by atoms with Crippen LogP contribution in [0, 0.1) is 0 Å². The average molecular weight is 358 g/mol. The summed E-state index contributed by atoms with van der Waals surface area (Å²) in [6.07, 6.45) is 1.58. The van der Waals surface area contributed by atoms with E-state index in [-0.39, 0.29) is 10.8 Å². The molecular formula is C14H13Cl2N3O2S. The summed E-state index contributed by atoms with van der Waals surface area (Å²) < 4.78 is 5.17. The predicted molar refractivity (Wildman–Crippen MR) is 91.6 cm³/mol. The van der Waals surface area contributed by atoms with Crippen molar-refractivity contribution in [3.05, 3.63) is 51.9 Å². The van der Waals surface area contributed by atoms with Crippen molar-refractivity contribution in [3.8, 4) is 5.75 Å². The van der Waals surface area contributed by atoms with E-state index in [1.807, 2.05) is 6.07 Å². The highest BCUT2D eigenvalue weighted by molar-refractivity contribution is 7.80. The summed E-state index contributed by atoms with van der Waals surface area (Å²) in [6.45, 7) is 2.14. The lowest BCUT2D eigenvalue weighted by molar-refractivity contribution is 0.474. The van der Waals surface area contributed by atoms with Crippen molar-refractivity contribution < 1.29 is 9.52 Å². The van der Waals surface area contributed by atoms with Crippen molar-refractivity contribution in [2.24, 2.45) is 5.10 Å². The van der Waals surface area contributed by atoms with Crippen LogP contribution >= 0.6 is 35.4 Å². The number of aromatic hydroxyl groups is 1. The number of benzene rings is 1. The average Bonchev–Trinajstić information content (AvgIpc) is 2.99. The fourth-order valence-corrected chi connectivity index (χ4v) is 2.27. The molecule has 116 valence electrons. The lowest BCUT2D eigenvalue weighted by Crippen LogP contribution is -2.32. The van der Waals surface area contributed by atoms with Crippen molar-refractivity contribution in [1.29, 1.82) is 0 Å². The predicted octanol–water partition coefficient (Wildman–Crippen LogP) is 3.68. The molecule has 0 amide bonds. The Hall–Kier alpha value is -1.76. The number of thiocarbonyl (C=S) groups is 1. The third-order valence-electron chi connectivity index (χ3n) is 2.75. The highest BCUT2D eigenvalue weighted by Gasteiger charge is 2.10. The number of phenols is 1. The van der Waals surface area contributed by atoms with Gasteiger partial charge in [0, 0.05) is 10.6 Å². The Morgan fingerprint density at radius 2 is 2.18 bits per heavy atom. The van der Waals surface area contributed by atoms with Gasteiger partial charge >= 0.3 is 0 Å². The van der Waals surface area contributed by atoms with Crippen LogP contribution in [0.25, 0.3) is 0 Å². The van der Waals surface area contributed by atoms with Crippen molar-refractivity contribution in [2.75, 3.05) is 0 Å². The van der Waals surface area contributed by atoms with Gasteiger partial charge < -0.3 is 14.8 Å². The van der Waals surface area contributed by atoms with Gasteiger partial charge in [-0.25, -0.2) is 0 Å². The van der Waals surface area contributed by atoms with Gasteiger partial charge in [-0.2, -0.15) is 5.10 Å². The molecular weight excluding hydrogens is 345 g/mol. The van der Waals surface area contributed by atoms with Crippen LogP contribution in [0.1, 0.15) is 18.2 Å². The SMILES string of the molecule is C/C(=N/NC(=S)NCc1ccco1)c1cc(Cl)cc(Cl)c1O. The number of halogens is 2. The van der Waals surface area contributed by atoms with Crippen LogP contribution in [-0.4, -0.2) is 15.9 Å². The molecule has 1 aromatic heterocycles. The fraction of sp³-hybridized carbons (Fsp3) is 0.143. The van der Waals surface area contributed by atoms with E-state index < -0.39 is 0 Å². The molecule has 0 fully saturated rings. The molecule has 0 aliphatic carbocycles. The number of nitrogens with zero attached hydrogens (tertiary/aromatic N) is 1. The molecule has 0 atom stereocenters. The van der Waals surface area contributed by atoms with Crippen molar-refractivity contribution >= 4 is 46.2 Å². The molecule has 1 heterocycles. The lowest BCUT2D eigenvalue weighted by atomic mass is 10.1. The molecule has 0 saturated heterocycles. The number of hydrogen-bond donors (Lipinski definition) is 3. The Morgan fingerprint density at radius 3 is 2.86 bits per heavy atom. The van der Waals surface area contributed by atoms with E-state index in [1.54, 1.807) is 25.3 Å². The van der Waals surface area contributed by atoms with Gasteiger partial charge in [0.05, 0.1) is 23.5 Å². The number of rotatable bonds is 4. The van der Waals surface area contributed by atoms with Gasteiger partial charge in [-0.3, -0.25) is 5.43 Å². The number of furan rings is 1. The van der Waals surface area contributed by atoms with Crippen molar-refractivity contribution in [3.63, 3.8) is 0 Å². The minimum absolute atomic E-state index is 0.0800. The zero-order chi connectivity index (χ0) is 16.1. The summed E-state index contributed by atoms with van der Waals surface area (Å²) in [4.78, 5) is 0. The second-order valence-electron chi connectivity index (χ2n) is 4.35. The van der Waals surface area contributed by atoms with Crippen LogP contribution in [0.15, 0.2) is 40.0 Å². The molecule has 3 N–H and O–H groups in total. The first kappa shape index (κ1) is 16.6. The quantitative estimate of drug-likeness (QED) is 0.442. The maximum atomic E-state index is 9.93. The molecule has 0 bridgehead atoms. The maximum absolute atomic E-state index is 9.93. The van der Waals surface area contributed by atoms with Gasteiger partial charge in [0.2, 0.25) is 0 Å². The van der Waals surface area contributed by atoms with E-state index in [2.05, 4.69) is 15.8 Å². The summed E-state index contributed by atoms with van der Waals surface area (Å²) in [5.41, 5.74) is 3.60. The topological polar surface area (TPSA) is 69.8 Å². The summed E-state index contributed by atoms with van der Waals surface area (Å²) in [5.74, 6) is 0.674. The van der Waals surface area contributed by atoms with Gasteiger partial charge in [0.15, 0.2) is 5.11 Å². The highest BCUT2D eigenvalue weighted by Crippen LogP contribution is 2.31. The molecule has 0 aliphatic rings. The van der Waals surface area contributed by atoms with E-state index in [9.17, 15) is 5.11 Å². The molecule has 2 rings (SSSR count). The smallest absolute Gasteiger partial charge is 0.187 e. The molecule has 8 heteroatoms. The Bertz CT molecular complexity index is 702. The second kappa shape index (κ2) is 7.49. The molecule has 0 aliphatic heterocycles. The number of nitrogens with one attached hydrogen (secondary N) is 2. The largest absolute Gasteiger partial charge is 0.506 e. The van der Waals surface area contributed by atoms with E-state index in [0.717, 1.165) is 5.76 Å². The van der Waals surface area contributed by atoms with E-state index in [4.69, 9.17) is 39.8 Å². The fourth-order valence-electron chi connectivity index (χ4n) is 1.66. The maximum Gasteiger partial charge on any atom is 0.187 e. The molecule has 0 unspecified atom stereocenters. The van der Waals surface area contributed by atoms with E-state index in [0.29, 0.717) is 28.0 Å². The molecule has 0 spiro atoms. The molecule has 0 radical (unpaired) electrons. The second-order valence-corrected chi connectivity index (χ2v) is 5.61. The summed E-state index contributed by atoms with van der Waals surface area (Å²) >= 11 is 16.9. The summed E-state index contributed by atoms with van der Waals surface area (Å²) in [7, 11) is 0. The first-order valence-electron chi connectivity index (χ1n) is 6.26. The van der Waals surface area contributed by atoms with Crippen LogP contribution in [0.2, 0.25) is 10.0 Å². The van der Waals surface area contributed by atoms with Gasteiger partial charge in [0.25, 0.3) is 0 Å². The molecule has 22 heavy (non-hydrogen) atoms. The van der Waals surface area contributed by atoms with Crippen LogP contribution in [-0.2, 0) is 6.54 Å². The number of hydrogen-bond acceptors (Lipinski definition) is 4. The van der Waals surface area contributed by atoms with E-state index in [1.165, 1.54) is 6.07 Å². The third-order valence-corrected chi connectivity index (χ3v) is 3.49. The highest BCUT2D eigenvalue weighted by atomic mass is 35.5. The zero-order valence-corrected chi connectivity index (χ0v) is 13.9.